The highest BCUT2D eigenvalue weighted by molar-refractivity contribution is 5.94. The van der Waals surface area contributed by atoms with E-state index in [0.717, 1.165) is 31.5 Å². The fourth-order valence-corrected chi connectivity index (χ4v) is 2.11. The van der Waals surface area contributed by atoms with E-state index >= 15 is 0 Å². The first-order valence-electron chi connectivity index (χ1n) is 7.07. The first-order chi connectivity index (χ1) is 8.68. The van der Waals surface area contributed by atoms with Crippen molar-refractivity contribution in [1.82, 2.24) is 4.90 Å². The van der Waals surface area contributed by atoms with Gasteiger partial charge in [-0.05, 0) is 36.5 Å². The summed E-state index contributed by atoms with van der Waals surface area (Å²) in [5.74, 6) is 0.712. The van der Waals surface area contributed by atoms with Crippen molar-refractivity contribution < 1.29 is 4.79 Å². The van der Waals surface area contributed by atoms with Gasteiger partial charge in [0.25, 0.3) is 5.91 Å². The van der Waals surface area contributed by atoms with Crippen molar-refractivity contribution in [3.8, 4) is 0 Å². The Hall–Kier alpha value is -1.31. The summed E-state index contributed by atoms with van der Waals surface area (Å²) in [7, 11) is 0. The number of rotatable bonds is 2. The number of hydrogen-bond donors (Lipinski definition) is 0. The molecule has 1 amide bonds. The molecule has 18 heavy (non-hydrogen) atoms. The van der Waals surface area contributed by atoms with Gasteiger partial charge in [0.2, 0.25) is 0 Å². The van der Waals surface area contributed by atoms with E-state index in [1.165, 1.54) is 5.56 Å². The molecule has 1 saturated heterocycles. The zero-order chi connectivity index (χ0) is 13.5. The number of carbonyl (C=O) groups excluding carboxylic acids is 1. The number of amides is 1. The van der Waals surface area contributed by atoms with Gasteiger partial charge in [-0.3, -0.25) is 4.79 Å². The summed E-state index contributed by atoms with van der Waals surface area (Å²) in [4.78, 5) is 14.0. The third-order valence-electron chi connectivity index (χ3n) is 3.22. The summed E-state index contributed by atoms with van der Waals surface area (Å²) in [5.41, 5.74) is 2.12. The molecule has 0 atom stereocenters. The largest absolute Gasteiger partial charge is 0.339 e. The van der Waals surface area contributed by atoms with Crippen LogP contribution >= 0.6 is 0 Å². The van der Waals surface area contributed by atoms with Gasteiger partial charge in [0, 0.05) is 18.7 Å². The third kappa shape index (κ3) is 3.59. The van der Waals surface area contributed by atoms with Crippen LogP contribution in [0.1, 0.15) is 62.4 Å². The number of likely N-dealkylation sites (tertiary alicyclic amines) is 1. The van der Waals surface area contributed by atoms with Gasteiger partial charge in [-0.1, -0.05) is 39.8 Å². The standard InChI is InChI=1S/C14H19NO.C2H6/c1-11(2)12-5-7-13(8-6-12)14(16)15-9-3-4-10-15;1-2/h5-8,11H,3-4,9-10H2,1-2H3;1-2H3. The van der Waals surface area contributed by atoms with Crippen LogP contribution in [-0.4, -0.2) is 23.9 Å². The summed E-state index contributed by atoms with van der Waals surface area (Å²) >= 11 is 0. The van der Waals surface area contributed by atoms with E-state index in [2.05, 4.69) is 26.0 Å². The summed E-state index contributed by atoms with van der Waals surface area (Å²) < 4.78 is 0. The molecular formula is C16H25NO. The van der Waals surface area contributed by atoms with E-state index in [1.807, 2.05) is 30.9 Å². The number of benzene rings is 1. The lowest BCUT2D eigenvalue weighted by Crippen LogP contribution is -2.27. The van der Waals surface area contributed by atoms with Crippen molar-refractivity contribution in [3.63, 3.8) is 0 Å². The van der Waals surface area contributed by atoms with E-state index in [4.69, 9.17) is 0 Å². The molecule has 0 unspecified atom stereocenters. The number of carbonyl (C=O) groups is 1. The highest BCUT2D eigenvalue weighted by Gasteiger charge is 2.19. The maximum Gasteiger partial charge on any atom is 0.253 e. The van der Waals surface area contributed by atoms with Crippen LogP contribution < -0.4 is 0 Å². The van der Waals surface area contributed by atoms with Gasteiger partial charge in [-0.2, -0.15) is 0 Å². The zero-order valence-electron chi connectivity index (χ0n) is 12.1. The van der Waals surface area contributed by atoms with Crippen LogP contribution in [0.15, 0.2) is 24.3 Å². The minimum Gasteiger partial charge on any atom is -0.339 e. The monoisotopic (exact) mass is 247 g/mol. The third-order valence-corrected chi connectivity index (χ3v) is 3.22. The van der Waals surface area contributed by atoms with Gasteiger partial charge in [0.05, 0.1) is 0 Å². The molecule has 0 aliphatic carbocycles. The van der Waals surface area contributed by atoms with Crippen LogP contribution in [0.3, 0.4) is 0 Å². The van der Waals surface area contributed by atoms with Gasteiger partial charge in [0.15, 0.2) is 0 Å². The van der Waals surface area contributed by atoms with Crippen LogP contribution in [0.2, 0.25) is 0 Å². The highest BCUT2D eigenvalue weighted by Crippen LogP contribution is 2.17. The van der Waals surface area contributed by atoms with E-state index in [0.29, 0.717) is 5.92 Å². The molecule has 2 rings (SSSR count). The van der Waals surface area contributed by atoms with Crippen LogP contribution in [0.4, 0.5) is 0 Å². The van der Waals surface area contributed by atoms with E-state index in [9.17, 15) is 4.79 Å². The summed E-state index contributed by atoms with van der Waals surface area (Å²) in [6.07, 6.45) is 2.30. The smallest absolute Gasteiger partial charge is 0.253 e. The second-order valence-corrected chi connectivity index (χ2v) is 4.78. The molecule has 0 radical (unpaired) electrons. The molecule has 100 valence electrons. The van der Waals surface area contributed by atoms with Crippen molar-refractivity contribution in [3.05, 3.63) is 35.4 Å². The average molecular weight is 247 g/mol. The molecule has 0 aromatic heterocycles. The summed E-state index contributed by atoms with van der Waals surface area (Å²) in [6, 6.07) is 8.04. The summed E-state index contributed by atoms with van der Waals surface area (Å²) in [5, 5.41) is 0. The van der Waals surface area contributed by atoms with Crippen LogP contribution in [0, 0.1) is 0 Å². The summed E-state index contributed by atoms with van der Waals surface area (Å²) in [6.45, 7) is 10.2. The van der Waals surface area contributed by atoms with Gasteiger partial charge in [-0.15, -0.1) is 0 Å². The minimum atomic E-state index is 0.188. The maximum atomic E-state index is 12.1. The highest BCUT2D eigenvalue weighted by atomic mass is 16.2. The first-order valence-corrected chi connectivity index (χ1v) is 7.07. The number of nitrogens with zero attached hydrogens (tertiary/aromatic N) is 1. The second-order valence-electron chi connectivity index (χ2n) is 4.78. The molecule has 0 N–H and O–H groups in total. The molecule has 0 spiro atoms. The molecular weight excluding hydrogens is 222 g/mol. The minimum absolute atomic E-state index is 0.188. The zero-order valence-corrected chi connectivity index (χ0v) is 12.1. The van der Waals surface area contributed by atoms with E-state index in [1.54, 1.807) is 0 Å². The molecule has 1 aromatic carbocycles. The van der Waals surface area contributed by atoms with Crippen LogP contribution in [0.25, 0.3) is 0 Å². The van der Waals surface area contributed by atoms with Crippen molar-refractivity contribution in [1.29, 1.82) is 0 Å². The van der Waals surface area contributed by atoms with Crippen molar-refractivity contribution >= 4 is 5.91 Å². The second kappa shape index (κ2) is 7.20. The Labute approximate surface area is 111 Å². The molecule has 1 aliphatic heterocycles. The fourth-order valence-electron chi connectivity index (χ4n) is 2.11. The Bertz CT molecular complexity index is 361. The van der Waals surface area contributed by atoms with Crippen molar-refractivity contribution in [2.75, 3.05) is 13.1 Å². The first kappa shape index (κ1) is 14.7. The molecule has 1 aromatic rings. The Morgan fingerprint density at radius 3 is 2.00 bits per heavy atom. The molecule has 0 saturated carbocycles. The van der Waals surface area contributed by atoms with Gasteiger partial charge >= 0.3 is 0 Å². The van der Waals surface area contributed by atoms with Gasteiger partial charge in [0.1, 0.15) is 0 Å². The lowest BCUT2D eigenvalue weighted by atomic mass is 10.0. The molecule has 1 aliphatic rings. The van der Waals surface area contributed by atoms with Gasteiger partial charge < -0.3 is 4.90 Å². The fraction of sp³-hybridized carbons (Fsp3) is 0.562. The Kier molecular flexibility index (Phi) is 5.90. The molecule has 1 heterocycles. The predicted octanol–water partition coefficient (Wildman–Crippen LogP) is 4.07. The van der Waals surface area contributed by atoms with Gasteiger partial charge in [-0.25, -0.2) is 0 Å². The quantitative estimate of drug-likeness (QED) is 0.771. The van der Waals surface area contributed by atoms with E-state index in [-0.39, 0.29) is 5.91 Å². The topological polar surface area (TPSA) is 20.3 Å². The van der Waals surface area contributed by atoms with Crippen molar-refractivity contribution in [2.45, 2.75) is 46.5 Å². The molecule has 1 fully saturated rings. The van der Waals surface area contributed by atoms with Crippen LogP contribution in [-0.2, 0) is 0 Å². The average Bonchev–Trinajstić information content (AvgIpc) is 2.94. The number of hydrogen-bond acceptors (Lipinski definition) is 1. The molecule has 0 bridgehead atoms. The predicted molar refractivity (Wildman–Crippen MR) is 77.0 cm³/mol. The lowest BCUT2D eigenvalue weighted by Gasteiger charge is -2.15. The maximum absolute atomic E-state index is 12.1. The Morgan fingerprint density at radius 1 is 1.06 bits per heavy atom. The van der Waals surface area contributed by atoms with Crippen molar-refractivity contribution in [2.24, 2.45) is 0 Å². The lowest BCUT2D eigenvalue weighted by molar-refractivity contribution is 0.0793. The van der Waals surface area contributed by atoms with E-state index < -0.39 is 0 Å². The SMILES string of the molecule is CC.CC(C)c1ccc(C(=O)N2CCCC2)cc1. The Morgan fingerprint density at radius 2 is 1.56 bits per heavy atom. The molecule has 2 heteroatoms. The normalized spacial score (nSPS) is 14.4. The Balaban J connectivity index is 0.000000771. The van der Waals surface area contributed by atoms with Crippen LogP contribution in [0.5, 0.6) is 0 Å². The molecule has 2 nitrogen and oxygen atoms in total.